The number of aryl methyl sites for hydroxylation is 1. The van der Waals surface area contributed by atoms with Crippen molar-refractivity contribution in [3.63, 3.8) is 0 Å². The molecule has 0 spiro atoms. The average Bonchev–Trinajstić information content (AvgIpc) is 2.04. The zero-order chi connectivity index (χ0) is 9.14. The predicted molar refractivity (Wildman–Crippen MR) is 42.2 cm³/mol. The SMILES string of the molecule is CCn1c[c]cc(C(=O)O)c1=O. The standard InChI is InChI=1S/C8H8NO3/c1-2-9-5-3-4-6(7(9)10)8(11)12/h4-5H,2H2,1H3,(H,11,12). The third-order valence-electron chi connectivity index (χ3n) is 1.52. The quantitative estimate of drug-likeness (QED) is 0.690. The lowest BCUT2D eigenvalue weighted by atomic mass is 10.3. The van der Waals surface area contributed by atoms with Crippen LogP contribution >= 0.6 is 0 Å². The molecule has 1 radical (unpaired) electrons. The third-order valence-corrected chi connectivity index (χ3v) is 1.52. The molecule has 0 saturated heterocycles. The molecule has 0 unspecified atom stereocenters. The zero-order valence-corrected chi connectivity index (χ0v) is 6.57. The van der Waals surface area contributed by atoms with E-state index in [0.717, 1.165) is 0 Å². The number of carboxylic acid groups (broad SMARTS) is 1. The van der Waals surface area contributed by atoms with Gasteiger partial charge in [0, 0.05) is 18.8 Å². The molecule has 0 atom stereocenters. The molecule has 0 fully saturated rings. The Balaban J connectivity index is 3.33. The fraction of sp³-hybridized carbons (Fsp3) is 0.250. The number of aromatic nitrogens is 1. The number of carbonyl (C=O) groups is 1. The summed E-state index contributed by atoms with van der Waals surface area (Å²) >= 11 is 0. The fourth-order valence-electron chi connectivity index (χ4n) is 0.874. The summed E-state index contributed by atoms with van der Waals surface area (Å²) in [6, 6.07) is 3.76. The van der Waals surface area contributed by atoms with E-state index in [1.165, 1.54) is 16.8 Å². The van der Waals surface area contributed by atoms with Crippen molar-refractivity contribution in [1.82, 2.24) is 4.57 Å². The Morgan fingerprint density at radius 3 is 2.92 bits per heavy atom. The minimum atomic E-state index is -1.21. The Bertz CT molecular complexity index is 354. The van der Waals surface area contributed by atoms with Gasteiger partial charge in [-0.05, 0) is 13.0 Å². The molecule has 4 heteroatoms. The summed E-state index contributed by atoms with van der Waals surface area (Å²) in [6.45, 7) is 2.22. The summed E-state index contributed by atoms with van der Waals surface area (Å²) in [5, 5.41) is 8.55. The van der Waals surface area contributed by atoms with Gasteiger partial charge in [-0.15, -0.1) is 0 Å². The van der Waals surface area contributed by atoms with Crippen molar-refractivity contribution in [2.45, 2.75) is 13.5 Å². The van der Waals surface area contributed by atoms with Crippen LogP contribution in [0.1, 0.15) is 17.3 Å². The second-order valence-corrected chi connectivity index (χ2v) is 2.25. The number of rotatable bonds is 2. The average molecular weight is 166 g/mol. The minimum absolute atomic E-state index is 0.237. The van der Waals surface area contributed by atoms with Crippen molar-refractivity contribution >= 4 is 5.97 Å². The molecular formula is C8H8NO3. The van der Waals surface area contributed by atoms with Crippen molar-refractivity contribution in [2.24, 2.45) is 0 Å². The molecule has 1 aromatic heterocycles. The minimum Gasteiger partial charge on any atom is -0.477 e. The number of pyridine rings is 1. The summed E-state index contributed by atoms with van der Waals surface area (Å²) in [5.41, 5.74) is -0.719. The highest BCUT2D eigenvalue weighted by Gasteiger charge is 2.08. The first-order valence-corrected chi connectivity index (χ1v) is 3.50. The number of hydrogen-bond donors (Lipinski definition) is 1. The Morgan fingerprint density at radius 1 is 1.75 bits per heavy atom. The molecule has 0 aliphatic rings. The Morgan fingerprint density at radius 2 is 2.42 bits per heavy atom. The van der Waals surface area contributed by atoms with Crippen LogP contribution < -0.4 is 5.56 Å². The summed E-state index contributed by atoms with van der Waals surface area (Å²) in [4.78, 5) is 21.7. The molecule has 1 heterocycles. The summed E-state index contributed by atoms with van der Waals surface area (Å²) in [6.07, 6.45) is 1.44. The molecule has 1 rings (SSSR count). The normalized spacial score (nSPS) is 9.75. The Kier molecular flexibility index (Phi) is 2.28. The van der Waals surface area contributed by atoms with Crippen LogP contribution in [0.3, 0.4) is 0 Å². The molecule has 63 valence electrons. The van der Waals surface area contributed by atoms with Crippen LogP contribution in [-0.4, -0.2) is 15.6 Å². The monoisotopic (exact) mass is 166 g/mol. The largest absolute Gasteiger partial charge is 0.477 e. The van der Waals surface area contributed by atoms with E-state index in [4.69, 9.17) is 5.11 Å². The van der Waals surface area contributed by atoms with Gasteiger partial charge in [-0.1, -0.05) is 0 Å². The Labute approximate surface area is 69.1 Å². The van der Waals surface area contributed by atoms with Gasteiger partial charge in [-0.3, -0.25) is 4.79 Å². The van der Waals surface area contributed by atoms with Gasteiger partial charge in [-0.2, -0.15) is 0 Å². The van der Waals surface area contributed by atoms with Crippen LogP contribution in [0.15, 0.2) is 17.1 Å². The smallest absolute Gasteiger partial charge is 0.341 e. The fourth-order valence-corrected chi connectivity index (χ4v) is 0.874. The molecule has 1 N–H and O–H groups in total. The van der Waals surface area contributed by atoms with E-state index < -0.39 is 11.5 Å². The second kappa shape index (κ2) is 3.21. The Hall–Kier alpha value is -1.58. The maximum atomic E-state index is 11.2. The molecular weight excluding hydrogens is 158 g/mol. The highest BCUT2D eigenvalue weighted by atomic mass is 16.4. The molecule has 0 aromatic carbocycles. The van der Waals surface area contributed by atoms with Crippen LogP contribution in [0.25, 0.3) is 0 Å². The maximum Gasteiger partial charge on any atom is 0.341 e. The first-order valence-electron chi connectivity index (χ1n) is 3.50. The molecule has 0 bridgehead atoms. The van der Waals surface area contributed by atoms with Gasteiger partial charge in [0.15, 0.2) is 0 Å². The predicted octanol–water partition coefficient (Wildman–Crippen LogP) is 0.367. The highest BCUT2D eigenvalue weighted by Crippen LogP contribution is 1.90. The number of nitrogens with zero attached hydrogens (tertiary/aromatic N) is 1. The number of aromatic carboxylic acids is 1. The third kappa shape index (κ3) is 1.37. The second-order valence-electron chi connectivity index (χ2n) is 2.25. The van der Waals surface area contributed by atoms with E-state index in [-0.39, 0.29) is 5.56 Å². The van der Waals surface area contributed by atoms with Gasteiger partial charge in [0.1, 0.15) is 5.56 Å². The lowest BCUT2D eigenvalue weighted by Gasteiger charge is -2.00. The molecule has 0 saturated carbocycles. The maximum absolute atomic E-state index is 11.2. The number of carboxylic acids is 1. The lowest BCUT2D eigenvalue weighted by molar-refractivity contribution is 0.0694. The topological polar surface area (TPSA) is 59.3 Å². The van der Waals surface area contributed by atoms with E-state index in [9.17, 15) is 9.59 Å². The zero-order valence-electron chi connectivity index (χ0n) is 6.57. The van der Waals surface area contributed by atoms with Crippen molar-refractivity contribution in [3.8, 4) is 0 Å². The van der Waals surface area contributed by atoms with Crippen LogP contribution in [0.2, 0.25) is 0 Å². The molecule has 0 aliphatic carbocycles. The first kappa shape index (κ1) is 8.52. The lowest BCUT2D eigenvalue weighted by Crippen LogP contribution is -2.24. The van der Waals surface area contributed by atoms with E-state index in [2.05, 4.69) is 6.07 Å². The summed E-state index contributed by atoms with van der Waals surface area (Å²) in [7, 11) is 0. The van der Waals surface area contributed by atoms with Crippen molar-refractivity contribution in [2.75, 3.05) is 0 Å². The van der Waals surface area contributed by atoms with Gasteiger partial charge in [0.2, 0.25) is 0 Å². The van der Waals surface area contributed by atoms with E-state index in [1.807, 2.05) is 0 Å². The van der Waals surface area contributed by atoms with E-state index in [0.29, 0.717) is 6.54 Å². The van der Waals surface area contributed by atoms with Crippen molar-refractivity contribution in [1.29, 1.82) is 0 Å². The van der Waals surface area contributed by atoms with Crippen LogP contribution in [-0.2, 0) is 6.54 Å². The van der Waals surface area contributed by atoms with Gasteiger partial charge in [-0.25, -0.2) is 4.79 Å². The number of hydrogen-bond acceptors (Lipinski definition) is 2. The molecule has 4 nitrogen and oxygen atoms in total. The van der Waals surface area contributed by atoms with Crippen molar-refractivity contribution < 1.29 is 9.90 Å². The van der Waals surface area contributed by atoms with Gasteiger partial charge < -0.3 is 9.67 Å². The van der Waals surface area contributed by atoms with E-state index >= 15 is 0 Å². The first-order chi connectivity index (χ1) is 5.66. The summed E-state index contributed by atoms with van der Waals surface area (Å²) in [5.74, 6) is -1.21. The van der Waals surface area contributed by atoms with Gasteiger partial charge in [0.05, 0.1) is 0 Å². The van der Waals surface area contributed by atoms with Crippen molar-refractivity contribution in [3.05, 3.63) is 34.2 Å². The molecule has 0 aliphatic heterocycles. The molecule has 12 heavy (non-hydrogen) atoms. The van der Waals surface area contributed by atoms with E-state index in [1.54, 1.807) is 6.92 Å². The van der Waals surface area contributed by atoms with Crippen LogP contribution in [0, 0.1) is 6.07 Å². The molecule has 0 amide bonds. The molecule has 1 aromatic rings. The highest BCUT2D eigenvalue weighted by molar-refractivity contribution is 5.86. The summed E-state index contributed by atoms with van der Waals surface area (Å²) < 4.78 is 1.30. The van der Waals surface area contributed by atoms with Gasteiger partial charge in [0.25, 0.3) is 5.56 Å². The van der Waals surface area contributed by atoms with Crippen LogP contribution in [0.4, 0.5) is 0 Å². The van der Waals surface area contributed by atoms with Gasteiger partial charge >= 0.3 is 5.97 Å². The van der Waals surface area contributed by atoms with Crippen LogP contribution in [0.5, 0.6) is 0 Å².